The summed E-state index contributed by atoms with van der Waals surface area (Å²) in [5.74, 6) is -0.998. The molecule has 2 aromatic rings. The number of rotatable bonds is 3. The van der Waals surface area contributed by atoms with Gasteiger partial charge in [-0.25, -0.2) is 9.59 Å². The highest BCUT2D eigenvalue weighted by Crippen LogP contribution is 2.44. The van der Waals surface area contributed by atoms with Crippen LogP contribution in [0.4, 0.5) is 4.79 Å². The fourth-order valence-corrected chi connectivity index (χ4v) is 3.96. The highest BCUT2D eigenvalue weighted by Gasteiger charge is 2.35. The third-order valence-electron chi connectivity index (χ3n) is 5.22. The molecule has 0 bridgehead atoms. The van der Waals surface area contributed by atoms with Gasteiger partial charge < -0.3 is 9.84 Å². The van der Waals surface area contributed by atoms with E-state index in [1.165, 1.54) is 0 Å². The maximum atomic E-state index is 12.7. The van der Waals surface area contributed by atoms with E-state index in [-0.39, 0.29) is 5.92 Å². The van der Waals surface area contributed by atoms with E-state index >= 15 is 0 Å². The Bertz CT molecular complexity index is 838. The van der Waals surface area contributed by atoms with Crippen LogP contribution in [0, 0.1) is 0 Å². The van der Waals surface area contributed by atoms with Gasteiger partial charge in [-0.05, 0) is 41.5 Å². The van der Waals surface area contributed by atoms with Gasteiger partial charge in [-0.1, -0.05) is 48.5 Å². The fraction of sp³-hybridized carbons (Fsp3) is 0.333. The highest BCUT2D eigenvalue weighted by atomic mass is 16.5. The molecule has 1 fully saturated rings. The van der Waals surface area contributed by atoms with Crippen molar-refractivity contribution in [1.29, 1.82) is 0 Å². The molecule has 1 heterocycles. The van der Waals surface area contributed by atoms with Crippen molar-refractivity contribution in [3.63, 3.8) is 0 Å². The van der Waals surface area contributed by atoms with Crippen LogP contribution in [0.25, 0.3) is 11.1 Å². The lowest BCUT2D eigenvalue weighted by molar-refractivity contribution is -0.150. The van der Waals surface area contributed by atoms with Crippen molar-refractivity contribution in [3.05, 3.63) is 59.7 Å². The van der Waals surface area contributed by atoms with Crippen molar-refractivity contribution in [2.24, 2.45) is 0 Å². The lowest BCUT2D eigenvalue weighted by atomic mass is 9.98. The van der Waals surface area contributed by atoms with Gasteiger partial charge in [-0.15, -0.1) is 0 Å². The van der Waals surface area contributed by atoms with Crippen LogP contribution in [-0.2, 0) is 9.53 Å². The second-order valence-electron chi connectivity index (χ2n) is 6.71. The maximum Gasteiger partial charge on any atom is 0.408 e. The quantitative estimate of drug-likeness (QED) is 0.852. The molecular formula is C21H21NO4. The smallest absolute Gasteiger partial charge is 0.408 e. The molecule has 5 heteroatoms. The summed E-state index contributed by atoms with van der Waals surface area (Å²) in [7, 11) is 0. The Labute approximate surface area is 153 Å². The molecule has 0 spiro atoms. The number of benzene rings is 2. The Kier molecular flexibility index (Phi) is 4.05. The number of carbonyl (C=O) groups excluding carboxylic acids is 1. The molecule has 1 amide bonds. The number of likely N-dealkylation sites (tertiary alicyclic amines) is 1. The van der Waals surface area contributed by atoms with Gasteiger partial charge in [-0.2, -0.15) is 0 Å². The summed E-state index contributed by atoms with van der Waals surface area (Å²) in [4.78, 5) is 25.2. The van der Waals surface area contributed by atoms with Gasteiger partial charge in [0.05, 0.1) is 1.37 Å². The number of hydrogen-bond donors (Lipinski definition) is 1. The van der Waals surface area contributed by atoms with Crippen LogP contribution < -0.4 is 0 Å². The van der Waals surface area contributed by atoms with Crippen LogP contribution in [-0.4, -0.2) is 41.2 Å². The number of nitrogens with zero attached hydrogens (tertiary/aromatic N) is 1. The van der Waals surface area contributed by atoms with E-state index in [2.05, 4.69) is 0 Å². The molecule has 1 aliphatic carbocycles. The molecule has 2 aliphatic rings. The summed E-state index contributed by atoms with van der Waals surface area (Å²) < 4.78 is 14.0. The van der Waals surface area contributed by atoms with Crippen LogP contribution in [0.15, 0.2) is 48.5 Å². The van der Waals surface area contributed by atoms with E-state index in [0.29, 0.717) is 13.0 Å². The Morgan fingerprint density at radius 2 is 1.69 bits per heavy atom. The van der Waals surface area contributed by atoms with Crippen molar-refractivity contribution in [2.45, 2.75) is 31.2 Å². The average Bonchev–Trinajstić information content (AvgIpc) is 3.02. The molecule has 2 aromatic carbocycles. The largest absolute Gasteiger partial charge is 0.465 e. The minimum absolute atomic E-state index is 0.326. The third kappa shape index (κ3) is 2.83. The zero-order chi connectivity index (χ0) is 19.0. The van der Waals surface area contributed by atoms with Crippen molar-refractivity contribution >= 4 is 12.1 Å². The molecule has 4 rings (SSSR count). The molecule has 1 N–H and O–H groups in total. The van der Waals surface area contributed by atoms with Gasteiger partial charge in [0.15, 0.2) is 0 Å². The summed E-state index contributed by atoms with van der Waals surface area (Å²) in [5, 5.41) is 9.33. The monoisotopic (exact) mass is 352 g/mol. The number of ether oxygens (including phenoxy) is 1. The van der Waals surface area contributed by atoms with E-state index in [1.807, 2.05) is 48.5 Å². The number of esters is 1. The van der Waals surface area contributed by atoms with E-state index in [0.717, 1.165) is 40.0 Å². The predicted octanol–water partition coefficient (Wildman–Crippen LogP) is 3.87. The molecule has 0 radical (unpaired) electrons. The summed E-state index contributed by atoms with van der Waals surface area (Å²) in [6.45, 7) is -0.799. The Morgan fingerprint density at radius 1 is 1.08 bits per heavy atom. The zero-order valence-corrected chi connectivity index (χ0v) is 14.3. The Hall–Kier alpha value is -2.82. The molecule has 2 unspecified atom stereocenters. The second kappa shape index (κ2) is 6.83. The van der Waals surface area contributed by atoms with Crippen LogP contribution >= 0.6 is 0 Å². The van der Waals surface area contributed by atoms with Gasteiger partial charge >= 0.3 is 12.1 Å². The molecule has 134 valence electrons. The minimum Gasteiger partial charge on any atom is -0.465 e. The molecule has 26 heavy (non-hydrogen) atoms. The normalized spacial score (nSPS) is 20.7. The molecule has 0 aromatic heterocycles. The van der Waals surface area contributed by atoms with Crippen molar-refractivity contribution in [2.75, 3.05) is 13.1 Å². The number of hydrogen-bond acceptors (Lipinski definition) is 3. The van der Waals surface area contributed by atoms with Crippen molar-refractivity contribution in [1.82, 2.24) is 4.90 Å². The first-order valence-electron chi connectivity index (χ1n) is 9.46. The molecular weight excluding hydrogens is 330 g/mol. The number of amides is 1. The maximum absolute atomic E-state index is 12.7. The van der Waals surface area contributed by atoms with Gasteiger partial charge in [0.2, 0.25) is 0 Å². The molecule has 1 saturated heterocycles. The van der Waals surface area contributed by atoms with E-state index < -0.39 is 24.7 Å². The fourth-order valence-electron chi connectivity index (χ4n) is 3.96. The molecule has 5 nitrogen and oxygen atoms in total. The van der Waals surface area contributed by atoms with Gasteiger partial charge in [0.1, 0.15) is 12.6 Å². The van der Waals surface area contributed by atoms with Crippen LogP contribution in [0.2, 0.25) is 0 Å². The Morgan fingerprint density at radius 3 is 2.31 bits per heavy atom. The van der Waals surface area contributed by atoms with Crippen LogP contribution in [0.3, 0.4) is 0 Å². The third-order valence-corrected chi connectivity index (χ3v) is 5.22. The number of fused-ring (bicyclic) bond motifs is 3. The first-order chi connectivity index (χ1) is 13.1. The molecule has 0 saturated carbocycles. The van der Waals surface area contributed by atoms with E-state index in [4.69, 9.17) is 6.11 Å². The first-order valence-corrected chi connectivity index (χ1v) is 8.88. The van der Waals surface area contributed by atoms with Gasteiger partial charge in [-0.3, -0.25) is 4.90 Å². The second-order valence-corrected chi connectivity index (χ2v) is 6.71. The standard InChI is InChI=1S/C21H21NO4/c23-20(19-11-5-6-12-22(19)21(24)25)26-13-18-16-9-3-1-7-14(16)15-8-2-4-10-17(15)18/h1-4,7-10,18-19H,5-6,11-13H2,(H,24,25)/i13D. The van der Waals surface area contributed by atoms with E-state index in [9.17, 15) is 14.7 Å². The van der Waals surface area contributed by atoms with Gasteiger partial charge in [0.25, 0.3) is 0 Å². The van der Waals surface area contributed by atoms with Crippen molar-refractivity contribution < 1.29 is 20.8 Å². The SMILES string of the molecule is [2H]C(OC(=O)C1CCCCN1C(=O)O)C1c2ccccc2-c2ccccc21. The molecule has 1 aliphatic heterocycles. The summed E-state index contributed by atoms with van der Waals surface area (Å²) in [5.41, 5.74) is 4.03. The average molecular weight is 352 g/mol. The minimum atomic E-state index is -1.13. The van der Waals surface area contributed by atoms with Crippen LogP contribution in [0.1, 0.15) is 37.7 Å². The number of piperidine rings is 1. The summed E-state index contributed by atoms with van der Waals surface area (Å²) in [6.07, 6.45) is 0.843. The number of carboxylic acid groups (broad SMARTS) is 1. The number of carbonyl (C=O) groups is 2. The van der Waals surface area contributed by atoms with Crippen molar-refractivity contribution in [3.8, 4) is 11.1 Å². The van der Waals surface area contributed by atoms with Crippen LogP contribution in [0.5, 0.6) is 0 Å². The summed E-state index contributed by atoms with van der Waals surface area (Å²) >= 11 is 0. The first kappa shape index (κ1) is 15.4. The predicted molar refractivity (Wildman–Crippen MR) is 97.0 cm³/mol. The molecule has 2 atom stereocenters. The zero-order valence-electron chi connectivity index (χ0n) is 15.3. The lowest BCUT2D eigenvalue weighted by Crippen LogP contribution is -2.48. The van der Waals surface area contributed by atoms with Gasteiger partial charge in [0, 0.05) is 12.5 Å². The topological polar surface area (TPSA) is 66.8 Å². The van der Waals surface area contributed by atoms with E-state index in [1.54, 1.807) is 0 Å². The highest BCUT2D eigenvalue weighted by molar-refractivity contribution is 5.82. The Balaban J connectivity index is 1.59. The summed E-state index contributed by atoms with van der Waals surface area (Å²) in [6, 6.07) is 14.9. The lowest BCUT2D eigenvalue weighted by Gasteiger charge is -2.32.